The van der Waals surface area contributed by atoms with Crippen LogP contribution in [0.5, 0.6) is 0 Å². The summed E-state index contributed by atoms with van der Waals surface area (Å²) in [5, 5.41) is 12.4. The summed E-state index contributed by atoms with van der Waals surface area (Å²) in [7, 11) is 0. The molecule has 88 valence electrons. The van der Waals surface area contributed by atoms with Crippen LogP contribution in [0.1, 0.15) is 16.1 Å². The number of aromatic carboxylic acids is 1. The van der Waals surface area contributed by atoms with Crippen LogP contribution in [0.4, 0.5) is 4.39 Å². The van der Waals surface area contributed by atoms with Gasteiger partial charge in [-0.1, -0.05) is 28.9 Å². The van der Waals surface area contributed by atoms with Gasteiger partial charge in [-0.15, -0.1) is 0 Å². The Morgan fingerprint density at radius 3 is 2.88 bits per heavy atom. The quantitative estimate of drug-likeness (QED) is 0.895. The number of hydrogen-bond acceptors (Lipinski definition) is 3. The van der Waals surface area contributed by atoms with Gasteiger partial charge >= 0.3 is 5.97 Å². The summed E-state index contributed by atoms with van der Waals surface area (Å²) >= 11 is 5.76. The van der Waals surface area contributed by atoms with Crippen LogP contribution >= 0.6 is 11.6 Å². The average molecular weight is 256 g/mol. The number of halogens is 2. The second kappa shape index (κ2) is 4.18. The van der Waals surface area contributed by atoms with Crippen molar-refractivity contribution in [1.29, 1.82) is 0 Å². The Bertz CT molecular complexity index is 594. The lowest BCUT2D eigenvalue weighted by molar-refractivity contribution is 0.0696. The molecule has 0 fully saturated rings. The van der Waals surface area contributed by atoms with Gasteiger partial charge in [-0.2, -0.15) is 0 Å². The van der Waals surface area contributed by atoms with Crippen LogP contribution in [-0.4, -0.2) is 16.2 Å². The lowest BCUT2D eigenvalue weighted by Gasteiger charge is -2.02. The van der Waals surface area contributed by atoms with Crippen molar-refractivity contribution in [3.8, 4) is 11.3 Å². The Morgan fingerprint density at radius 2 is 2.24 bits per heavy atom. The van der Waals surface area contributed by atoms with Crippen LogP contribution < -0.4 is 0 Å². The van der Waals surface area contributed by atoms with Gasteiger partial charge in [-0.25, -0.2) is 9.18 Å². The summed E-state index contributed by atoms with van der Waals surface area (Å²) in [6, 6.07) is 4.08. The highest BCUT2D eigenvalue weighted by Gasteiger charge is 2.23. The fourth-order valence-corrected chi connectivity index (χ4v) is 1.71. The van der Waals surface area contributed by atoms with E-state index >= 15 is 0 Å². The first-order chi connectivity index (χ1) is 8.02. The molecular weight excluding hydrogens is 249 g/mol. The third-order valence-corrected chi connectivity index (χ3v) is 2.67. The third kappa shape index (κ3) is 1.89. The molecule has 0 radical (unpaired) electrons. The Hall–Kier alpha value is -1.88. The van der Waals surface area contributed by atoms with Crippen LogP contribution in [-0.2, 0) is 0 Å². The molecule has 2 rings (SSSR count). The summed E-state index contributed by atoms with van der Waals surface area (Å²) in [6.45, 7) is 1.47. The predicted molar refractivity (Wildman–Crippen MR) is 58.6 cm³/mol. The van der Waals surface area contributed by atoms with Crippen molar-refractivity contribution in [2.45, 2.75) is 6.92 Å². The van der Waals surface area contributed by atoms with Crippen molar-refractivity contribution in [2.24, 2.45) is 0 Å². The molecule has 0 bridgehead atoms. The van der Waals surface area contributed by atoms with Gasteiger partial charge < -0.3 is 9.63 Å². The minimum atomic E-state index is -1.20. The number of carboxylic acids is 1. The van der Waals surface area contributed by atoms with Crippen LogP contribution in [0.2, 0.25) is 5.02 Å². The first-order valence-electron chi connectivity index (χ1n) is 4.66. The summed E-state index contributed by atoms with van der Waals surface area (Å²) in [6.07, 6.45) is 0. The zero-order valence-corrected chi connectivity index (χ0v) is 9.45. The summed E-state index contributed by atoms with van der Waals surface area (Å²) in [5.74, 6) is -1.69. The molecule has 0 atom stereocenters. The molecule has 17 heavy (non-hydrogen) atoms. The maximum Gasteiger partial charge on any atom is 0.341 e. The third-order valence-electron chi connectivity index (χ3n) is 2.28. The molecule has 6 heteroatoms. The number of carboxylic acid groups (broad SMARTS) is 1. The molecule has 0 spiro atoms. The molecule has 1 aromatic carbocycles. The van der Waals surface area contributed by atoms with E-state index in [1.165, 1.54) is 25.1 Å². The van der Waals surface area contributed by atoms with Crippen molar-refractivity contribution in [3.63, 3.8) is 0 Å². The highest BCUT2D eigenvalue weighted by Crippen LogP contribution is 2.32. The average Bonchev–Trinajstić information content (AvgIpc) is 2.64. The SMILES string of the molecule is Cc1onc(-c2cccc(F)c2Cl)c1C(=O)O. The normalized spacial score (nSPS) is 10.5. The standard InChI is InChI=1S/C11H7ClFNO3/c1-5-8(11(15)16)10(14-17-5)6-3-2-4-7(13)9(6)12/h2-4H,1H3,(H,15,16). The molecule has 0 aliphatic carbocycles. The molecule has 4 nitrogen and oxygen atoms in total. The Morgan fingerprint density at radius 1 is 1.53 bits per heavy atom. The van der Waals surface area contributed by atoms with E-state index in [9.17, 15) is 9.18 Å². The molecule has 0 amide bonds. The fraction of sp³-hybridized carbons (Fsp3) is 0.0909. The first kappa shape index (κ1) is 11.6. The molecule has 1 heterocycles. The van der Waals surface area contributed by atoms with E-state index in [1.807, 2.05) is 0 Å². The maximum absolute atomic E-state index is 13.3. The Balaban J connectivity index is 2.69. The first-order valence-corrected chi connectivity index (χ1v) is 5.04. The number of aryl methyl sites for hydroxylation is 1. The van der Waals surface area contributed by atoms with E-state index in [2.05, 4.69) is 5.16 Å². The molecule has 0 aliphatic heterocycles. The Labute approximate surface area is 101 Å². The largest absolute Gasteiger partial charge is 0.477 e. The van der Waals surface area contributed by atoms with Gasteiger partial charge in [-0.3, -0.25) is 0 Å². The molecule has 2 aromatic rings. The number of rotatable bonds is 2. The number of carbonyl (C=O) groups is 1. The van der Waals surface area contributed by atoms with Crippen LogP contribution in [0.25, 0.3) is 11.3 Å². The maximum atomic E-state index is 13.3. The summed E-state index contributed by atoms with van der Waals surface area (Å²) in [5.41, 5.74) is 0.109. The molecule has 0 aliphatic rings. The monoisotopic (exact) mass is 255 g/mol. The van der Waals surface area contributed by atoms with E-state index in [1.54, 1.807) is 0 Å². The second-order valence-electron chi connectivity index (χ2n) is 3.37. The van der Waals surface area contributed by atoms with Crippen molar-refractivity contribution >= 4 is 17.6 Å². The highest BCUT2D eigenvalue weighted by atomic mass is 35.5. The van der Waals surface area contributed by atoms with Crippen LogP contribution in [0, 0.1) is 12.7 Å². The number of benzene rings is 1. The van der Waals surface area contributed by atoms with Crippen LogP contribution in [0.3, 0.4) is 0 Å². The zero-order chi connectivity index (χ0) is 12.6. The smallest absolute Gasteiger partial charge is 0.341 e. The van der Waals surface area contributed by atoms with Gasteiger partial charge in [0, 0.05) is 5.56 Å². The van der Waals surface area contributed by atoms with E-state index in [4.69, 9.17) is 21.2 Å². The molecule has 0 unspecified atom stereocenters. The molecule has 1 aromatic heterocycles. The van der Waals surface area contributed by atoms with Crippen LogP contribution in [0.15, 0.2) is 22.7 Å². The number of aromatic nitrogens is 1. The van der Waals surface area contributed by atoms with E-state index < -0.39 is 11.8 Å². The van der Waals surface area contributed by atoms with Crippen molar-refractivity contribution in [3.05, 3.63) is 40.4 Å². The molecule has 0 saturated carbocycles. The minimum Gasteiger partial charge on any atom is -0.477 e. The molecular formula is C11H7ClFNO3. The van der Waals surface area contributed by atoms with Crippen molar-refractivity contribution in [2.75, 3.05) is 0 Å². The van der Waals surface area contributed by atoms with Gasteiger partial charge in [-0.05, 0) is 13.0 Å². The minimum absolute atomic E-state index is 0.0273. The summed E-state index contributed by atoms with van der Waals surface area (Å²) in [4.78, 5) is 11.0. The Kier molecular flexibility index (Phi) is 2.85. The number of hydrogen-bond donors (Lipinski definition) is 1. The van der Waals surface area contributed by atoms with E-state index in [-0.39, 0.29) is 27.6 Å². The predicted octanol–water partition coefficient (Wildman–Crippen LogP) is 3.14. The topological polar surface area (TPSA) is 63.3 Å². The van der Waals surface area contributed by atoms with E-state index in [0.29, 0.717) is 0 Å². The van der Waals surface area contributed by atoms with Gasteiger partial charge in [0.1, 0.15) is 22.8 Å². The summed E-state index contributed by atoms with van der Waals surface area (Å²) < 4.78 is 18.1. The molecule has 0 saturated heterocycles. The fourth-order valence-electron chi connectivity index (χ4n) is 1.49. The second-order valence-corrected chi connectivity index (χ2v) is 3.75. The number of nitrogens with zero attached hydrogens (tertiary/aromatic N) is 1. The van der Waals surface area contributed by atoms with Gasteiger partial charge in [0.15, 0.2) is 0 Å². The zero-order valence-electron chi connectivity index (χ0n) is 8.70. The van der Waals surface area contributed by atoms with E-state index in [0.717, 1.165) is 0 Å². The van der Waals surface area contributed by atoms with Gasteiger partial charge in [0.25, 0.3) is 0 Å². The lowest BCUT2D eigenvalue weighted by Crippen LogP contribution is -1.99. The van der Waals surface area contributed by atoms with Crippen molar-refractivity contribution < 1.29 is 18.8 Å². The van der Waals surface area contributed by atoms with Gasteiger partial charge in [0.05, 0.1) is 5.02 Å². The van der Waals surface area contributed by atoms with Gasteiger partial charge in [0.2, 0.25) is 0 Å². The lowest BCUT2D eigenvalue weighted by atomic mass is 10.1. The highest BCUT2D eigenvalue weighted by molar-refractivity contribution is 6.33. The molecule has 1 N–H and O–H groups in total. The van der Waals surface area contributed by atoms with Crippen molar-refractivity contribution in [1.82, 2.24) is 5.16 Å².